The molecule has 0 radical (unpaired) electrons. The van der Waals surface area contributed by atoms with Crippen molar-refractivity contribution in [3.63, 3.8) is 0 Å². The molecular weight excluding hydrogens is 184 g/mol. The van der Waals surface area contributed by atoms with E-state index in [-0.39, 0.29) is 5.54 Å². The van der Waals surface area contributed by atoms with E-state index in [0.29, 0.717) is 0 Å². The summed E-state index contributed by atoms with van der Waals surface area (Å²) in [5.41, 5.74) is 7.76. The van der Waals surface area contributed by atoms with Crippen molar-refractivity contribution in [3.8, 4) is 0 Å². The van der Waals surface area contributed by atoms with Gasteiger partial charge in [0, 0.05) is 16.9 Å². The highest BCUT2D eigenvalue weighted by Gasteiger charge is 2.15. The molecule has 0 bridgehead atoms. The van der Waals surface area contributed by atoms with Gasteiger partial charge in [-0.25, -0.2) is 0 Å². The number of hydrogen-bond acceptors (Lipinski definition) is 2. The molecule has 0 fully saturated rings. The highest BCUT2D eigenvalue weighted by molar-refractivity contribution is 5.52. The molecule has 0 aliphatic rings. The molecule has 0 aliphatic carbocycles. The van der Waals surface area contributed by atoms with Gasteiger partial charge in [-0.05, 0) is 44.5 Å². The zero-order valence-corrected chi connectivity index (χ0v) is 10.0. The SMILES string of the molecule is CCCCC(C)(C)Nc1ccc(N)cc1. The van der Waals surface area contributed by atoms with Crippen LogP contribution < -0.4 is 11.1 Å². The molecule has 0 saturated carbocycles. The van der Waals surface area contributed by atoms with E-state index < -0.39 is 0 Å². The van der Waals surface area contributed by atoms with Crippen LogP contribution in [0.1, 0.15) is 40.0 Å². The van der Waals surface area contributed by atoms with E-state index in [4.69, 9.17) is 5.73 Å². The second-order valence-corrected chi connectivity index (χ2v) is 4.73. The molecule has 1 rings (SSSR count). The van der Waals surface area contributed by atoms with Crippen LogP contribution in [0.3, 0.4) is 0 Å². The number of anilines is 2. The second kappa shape index (κ2) is 5.06. The Balaban J connectivity index is 2.56. The van der Waals surface area contributed by atoms with Gasteiger partial charge in [0.05, 0.1) is 0 Å². The van der Waals surface area contributed by atoms with Crippen molar-refractivity contribution in [1.29, 1.82) is 0 Å². The first kappa shape index (κ1) is 11.9. The molecule has 0 aliphatic heterocycles. The van der Waals surface area contributed by atoms with E-state index in [1.165, 1.54) is 19.3 Å². The topological polar surface area (TPSA) is 38.0 Å². The van der Waals surface area contributed by atoms with Crippen molar-refractivity contribution < 1.29 is 0 Å². The number of rotatable bonds is 5. The summed E-state index contributed by atoms with van der Waals surface area (Å²) in [6, 6.07) is 7.92. The van der Waals surface area contributed by atoms with Crippen LogP contribution in [0.2, 0.25) is 0 Å². The molecule has 3 N–H and O–H groups in total. The first-order chi connectivity index (χ1) is 7.03. The van der Waals surface area contributed by atoms with Gasteiger partial charge in [-0.3, -0.25) is 0 Å². The van der Waals surface area contributed by atoms with Crippen LogP contribution in [0.15, 0.2) is 24.3 Å². The van der Waals surface area contributed by atoms with Crippen molar-refractivity contribution in [2.24, 2.45) is 0 Å². The fourth-order valence-electron chi connectivity index (χ4n) is 1.64. The maximum atomic E-state index is 5.64. The van der Waals surface area contributed by atoms with Gasteiger partial charge < -0.3 is 11.1 Å². The van der Waals surface area contributed by atoms with Gasteiger partial charge in [0.1, 0.15) is 0 Å². The average Bonchev–Trinajstić information content (AvgIpc) is 2.18. The van der Waals surface area contributed by atoms with Crippen LogP contribution >= 0.6 is 0 Å². The molecular formula is C13H22N2. The third-order valence-electron chi connectivity index (χ3n) is 2.55. The summed E-state index contributed by atoms with van der Waals surface area (Å²) >= 11 is 0. The number of benzene rings is 1. The average molecular weight is 206 g/mol. The summed E-state index contributed by atoms with van der Waals surface area (Å²) in [6.07, 6.45) is 3.69. The third-order valence-corrected chi connectivity index (χ3v) is 2.55. The Kier molecular flexibility index (Phi) is 4.01. The number of nitrogens with two attached hydrogens (primary N) is 1. The van der Waals surface area contributed by atoms with Crippen molar-refractivity contribution in [1.82, 2.24) is 0 Å². The van der Waals surface area contributed by atoms with E-state index in [0.717, 1.165) is 11.4 Å². The van der Waals surface area contributed by atoms with Crippen molar-refractivity contribution >= 4 is 11.4 Å². The largest absolute Gasteiger partial charge is 0.399 e. The normalized spacial score (nSPS) is 11.4. The van der Waals surface area contributed by atoms with Crippen molar-refractivity contribution in [3.05, 3.63) is 24.3 Å². The molecule has 0 saturated heterocycles. The molecule has 0 spiro atoms. The molecule has 0 unspecified atom stereocenters. The van der Waals surface area contributed by atoms with Crippen molar-refractivity contribution in [2.45, 2.75) is 45.6 Å². The fraction of sp³-hybridized carbons (Fsp3) is 0.538. The minimum Gasteiger partial charge on any atom is -0.399 e. The maximum absolute atomic E-state index is 5.64. The van der Waals surface area contributed by atoms with Crippen LogP contribution in [-0.2, 0) is 0 Å². The Bertz CT molecular complexity index is 288. The van der Waals surface area contributed by atoms with Gasteiger partial charge in [0.15, 0.2) is 0 Å². The Hall–Kier alpha value is -1.18. The summed E-state index contributed by atoms with van der Waals surface area (Å²) < 4.78 is 0. The first-order valence-electron chi connectivity index (χ1n) is 5.67. The molecule has 0 heterocycles. The Labute approximate surface area is 92.9 Å². The predicted molar refractivity (Wildman–Crippen MR) is 68.1 cm³/mol. The Morgan fingerprint density at radius 2 is 1.80 bits per heavy atom. The monoisotopic (exact) mass is 206 g/mol. The second-order valence-electron chi connectivity index (χ2n) is 4.73. The third kappa shape index (κ3) is 4.24. The van der Waals surface area contributed by atoms with Crippen molar-refractivity contribution in [2.75, 3.05) is 11.1 Å². The molecule has 0 aromatic heterocycles. The van der Waals surface area contributed by atoms with Gasteiger partial charge in [-0.2, -0.15) is 0 Å². The number of hydrogen-bond donors (Lipinski definition) is 2. The molecule has 1 aromatic rings. The van der Waals surface area contributed by atoms with Gasteiger partial charge in [-0.15, -0.1) is 0 Å². The number of unbranched alkanes of at least 4 members (excludes halogenated alkanes) is 1. The van der Waals surface area contributed by atoms with Crippen LogP contribution in [0, 0.1) is 0 Å². The van der Waals surface area contributed by atoms with Gasteiger partial charge >= 0.3 is 0 Å². The van der Waals surface area contributed by atoms with Gasteiger partial charge in [0.2, 0.25) is 0 Å². The predicted octanol–water partition coefficient (Wildman–Crippen LogP) is 3.65. The minimum atomic E-state index is 0.159. The highest BCUT2D eigenvalue weighted by atomic mass is 15.0. The number of nitrogen functional groups attached to an aromatic ring is 1. The quantitative estimate of drug-likeness (QED) is 0.722. The summed E-state index contributed by atoms with van der Waals surface area (Å²) in [5.74, 6) is 0. The lowest BCUT2D eigenvalue weighted by molar-refractivity contribution is 0.493. The summed E-state index contributed by atoms with van der Waals surface area (Å²) in [7, 11) is 0. The zero-order chi connectivity index (χ0) is 11.3. The molecule has 84 valence electrons. The Morgan fingerprint density at radius 1 is 1.20 bits per heavy atom. The molecule has 15 heavy (non-hydrogen) atoms. The van der Waals surface area contributed by atoms with E-state index in [2.05, 4.69) is 26.1 Å². The van der Waals surface area contributed by atoms with E-state index in [1.54, 1.807) is 0 Å². The lowest BCUT2D eigenvalue weighted by atomic mass is 9.97. The first-order valence-corrected chi connectivity index (χ1v) is 5.67. The van der Waals surface area contributed by atoms with Crippen LogP contribution in [0.4, 0.5) is 11.4 Å². The van der Waals surface area contributed by atoms with Crippen LogP contribution in [0.5, 0.6) is 0 Å². The lowest BCUT2D eigenvalue weighted by Crippen LogP contribution is -2.30. The standard InChI is InChI=1S/C13H22N2/c1-4-5-10-13(2,3)15-12-8-6-11(14)7-9-12/h6-9,15H,4-5,10,14H2,1-3H3. The molecule has 0 amide bonds. The molecule has 2 nitrogen and oxygen atoms in total. The highest BCUT2D eigenvalue weighted by Crippen LogP contribution is 2.20. The van der Waals surface area contributed by atoms with E-state index >= 15 is 0 Å². The molecule has 1 aromatic carbocycles. The molecule has 2 heteroatoms. The van der Waals surface area contributed by atoms with Gasteiger partial charge in [-0.1, -0.05) is 19.8 Å². The maximum Gasteiger partial charge on any atom is 0.0345 e. The fourth-order valence-corrected chi connectivity index (χ4v) is 1.64. The smallest absolute Gasteiger partial charge is 0.0345 e. The lowest BCUT2D eigenvalue weighted by Gasteiger charge is -2.27. The Morgan fingerprint density at radius 3 is 2.33 bits per heavy atom. The van der Waals surface area contributed by atoms with Crippen LogP contribution in [0.25, 0.3) is 0 Å². The molecule has 0 atom stereocenters. The minimum absolute atomic E-state index is 0.159. The summed E-state index contributed by atoms with van der Waals surface area (Å²) in [5, 5.41) is 3.52. The van der Waals surface area contributed by atoms with E-state index in [1.807, 2.05) is 24.3 Å². The summed E-state index contributed by atoms with van der Waals surface area (Å²) in [4.78, 5) is 0. The van der Waals surface area contributed by atoms with Crippen LogP contribution in [-0.4, -0.2) is 5.54 Å². The van der Waals surface area contributed by atoms with E-state index in [9.17, 15) is 0 Å². The number of nitrogens with one attached hydrogen (secondary N) is 1. The van der Waals surface area contributed by atoms with Gasteiger partial charge in [0.25, 0.3) is 0 Å². The summed E-state index contributed by atoms with van der Waals surface area (Å²) in [6.45, 7) is 6.69. The zero-order valence-electron chi connectivity index (χ0n) is 10.0.